The Morgan fingerprint density at radius 3 is 2.46 bits per heavy atom. The standard InChI is InChI=1S/C16H14FN3O2S2/c1-11-10-23-16(18-11)19-13-3-2-4-14(9-13)20-24(21,22)15-7-5-12(17)6-8-15/h2-10,20H,1H3,(H,18,19). The molecule has 0 unspecified atom stereocenters. The Balaban J connectivity index is 1.80. The first-order valence-electron chi connectivity index (χ1n) is 7.00. The maximum Gasteiger partial charge on any atom is 0.261 e. The lowest BCUT2D eigenvalue weighted by Gasteiger charge is -2.10. The Morgan fingerprint density at radius 1 is 1.08 bits per heavy atom. The normalized spacial score (nSPS) is 11.2. The van der Waals surface area contributed by atoms with Gasteiger partial charge in [0.1, 0.15) is 5.82 Å². The minimum absolute atomic E-state index is 0.00203. The third kappa shape index (κ3) is 3.90. The van der Waals surface area contributed by atoms with E-state index < -0.39 is 15.8 Å². The van der Waals surface area contributed by atoms with Gasteiger partial charge in [-0.05, 0) is 49.4 Å². The monoisotopic (exact) mass is 363 g/mol. The van der Waals surface area contributed by atoms with E-state index in [0.717, 1.165) is 23.0 Å². The largest absolute Gasteiger partial charge is 0.331 e. The van der Waals surface area contributed by atoms with Gasteiger partial charge in [0.2, 0.25) is 0 Å². The van der Waals surface area contributed by atoms with Gasteiger partial charge in [-0.1, -0.05) is 6.07 Å². The van der Waals surface area contributed by atoms with E-state index in [2.05, 4.69) is 15.0 Å². The number of rotatable bonds is 5. The fourth-order valence-electron chi connectivity index (χ4n) is 2.02. The van der Waals surface area contributed by atoms with Gasteiger partial charge in [-0.3, -0.25) is 4.72 Å². The van der Waals surface area contributed by atoms with Gasteiger partial charge in [0.25, 0.3) is 10.0 Å². The van der Waals surface area contributed by atoms with Gasteiger partial charge in [-0.15, -0.1) is 11.3 Å². The van der Waals surface area contributed by atoms with Crippen molar-refractivity contribution < 1.29 is 12.8 Å². The van der Waals surface area contributed by atoms with Crippen molar-refractivity contribution in [1.29, 1.82) is 0 Å². The summed E-state index contributed by atoms with van der Waals surface area (Å²) in [6.07, 6.45) is 0. The van der Waals surface area contributed by atoms with Crippen molar-refractivity contribution in [3.63, 3.8) is 0 Å². The van der Waals surface area contributed by atoms with Crippen molar-refractivity contribution in [3.05, 3.63) is 65.4 Å². The van der Waals surface area contributed by atoms with E-state index in [1.165, 1.54) is 23.5 Å². The van der Waals surface area contributed by atoms with Gasteiger partial charge in [0, 0.05) is 11.1 Å². The van der Waals surface area contributed by atoms with E-state index in [-0.39, 0.29) is 4.90 Å². The number of nitrogens with one attached hydrogen (secondary N) is 2. The zero-order chi connectivity index (χ0) is 17.2. The molecule has 0 aliphatic rings. The number of sulfonamides is 1. The van der Waals surface area contributed by atoms with Crippen LogP contribution in [0.3, 0.4) is 0 Å². The Labute approximate surface area is 143 Å². The molecule has 0 atom stereocenters. The zero-order valence-electron chi connectivity index (χ0n) is 12.7. The van der Waals surface area contributed by atoms with Crippen molar-refractivity contribution in [2.24, 2.45) is 0 Å². The summed E-state index contributed by atoms with van der Waals surface area (Å²) in [5.74, 6) is -0.487. The quantitative estimate of drug-likeness (QED) is 0.715. The number of hydrogen-bond acceptors (Lipinski definition) is 5. The van der Waals surface area contributed by atoms with E-state index >= 15 is 0 Å². The van der Waals surface area contributed by atoms with E-state index in [9.17, 15) is 12.8 Å². The van der Waals surface area contributed by atoms with Crippen LogP contribution in [0.2, 0.25) is 0 Å². The van der Waals surface area contributed by atoms with Crippen LogP contribution in [0.1, 0.15) is 5.69 Å². The topological polar surface area (TPSA) is 71.1 Å². The molecule has 3 aromatic rings. The average molecular weight is 363 g/mol. The van der Waals surface area contributed by atoms with Crippen LogP contribution in [0.5, 0.6) is 0 Å². The van der Waals surface area contributed by atoms with Crippen LogP contribution in [-0.2, 0) is 10.0 Å². The first kappa shape index (κ1) is 16.4. The van der Waals surface area contributed by atoms with Crippen molar-refractivity contribution in [1.82, 2.24) is 4.98 Å². The first-order valence-corrected chi connectivity index (χ1v) is 9.36. The molecule has 8 heteroatoms. The molecule has 3 rings (SSSR count). The van der Waals surface area contributed by atoms with Crippen LogP contribution in [0.4, 0.5) is 20.9 Å². The number of aromatic nitrogens is 1. The molecule has 0 fully saturated rings. The van der Waals surface area contributed by atoms with Crippen LogP contribution in [0, 0.1) is 12.7 Å². The highest BCUT2D eigenvalue weighted by Crippen LogP contribution is 2.24. The van der Waals surface area contributed by atoms with E-state index in [0.29, 0.717) is 11.4 Å². The lowest BCUT2D eigenvalue weighted by molar-refractivity contribution is 0.599. The molecule has 0 amide bonds. The Kier molecular flexibility index (Phi) is 4.50. The highest BCUT2D eigenvalue weighted by atomic mass is 32.2. The molecule has 24 heavy (non-hydrogen) atoms. The summed E-state index contributed by atoms with van der Waals surface area (Å²) in [5, 5.41) is 5.77. The molecule has 1 heterocycles. The maximum absolute atomic E-state index is 12.9. The number of anilines is 3. The molecule has 0 bridgehead atoms. The summed E-state index contributed by atoms with van der Waals surface area (Å²) in [6.45, 7) is 1.90. The molecule has 1 aromatic heterocycles. The molecule has 0 aliphatic heterocycles. The summed E-state index contributed by atoms with van der Waals surface area (Å²) in [7, 11) is -3.77. The van der Waals surface area contributed by atoms with E-state index in [1.54, 1.807) is 18.2 Å². The molecule has 0 radical (unpaired) electrons. The molecule has 0 spiro atoms. The number of thiazole rings is 1. The molecule has 0 aliphatic carbocycles. The highest BCUT2D eigenvalue weighted by molar-refractivity contribution is 7.92. The van der Waals surface area contributed by atoms with Gasteiger partial charge < -0.3 is 5.32 Å². The van der Waals surface area contributed by atoms with Gasteiger partial charge in [-0.25, -0.2) is 17.8 Å². The van der Waals surface area contributed by atoms with E-state index in [1.807, 2.05) is 18.4 Å². The van der Waals surface area contributed by atoms with Gasteiger partial charge in [0.15, 0.2) is 5.13 Å². The van der Waals surface area contributed by atoms with Crippen LogP contribution in [-0.4, -0.2) is 13.4 Å². The minimum atomic E-state index is -3.77. The van der Waals surface area contributed by atoms with Gasteiger partial charge >= 0.3 is 0 Å². The van der Waals surface area contributed by atoms with Gasteiger partial charge in [-0.2, -0.15) is 0 Å². The molecule has 5 nitrogen and oxygen atoms in total. The van der Waals surface area contributed by atoms with Crippen molar-refractivity contribution in [3.8, 4) is 0 Å². The van der Waals surface area contributed by atoms with Gasteiger partial charge in [0.05, 0.1) is 16.3 Å². The fraction of sp³-hybridized carbons (Fsp3) is 0.0625. The lowest BCUT2D eigenvalue weighted by atomic mass is 10.3. The average Bonchev–Trinajstić information content (AvgIpc) is 2.92. The summed E-state index contributed by atoms with van der Waals surface area (Å²) in [6, 6.07) is 11.5. The van der Waals surface area contributed by atoms with E-state index in [4.69, 9.17) is 0 Å². The maximum atomic E-state index is 12.9. The Hall–Kier alpha value is -2.45. The van der Waals surface area contributed by atoms with Crippen LogP contribution < -0.4 is 10.0 Å². The number of nitrogens with zero attached hydrogens (tertiary/aromatic N) is 1. The fourth-order valence-corrected chi connectivity index (χ4v) is 3.78. The smallest absolute Gasteiger partial charge is 0.261 e. The van der Waals surface area contributed by atoms with Crippen LogP contribution in [0.15, 0.2) is 58.8 Å². The predicted octanol–water partition coefficient (Wildman–Crippen LogP) is 4.14. The number of aryl methyl sites for hydroxylation is 1. The summed E-state index contributed by atoms with van der Waals surface area (Å²) in [5.41, 5.74) is 2.02. The SMILES string of the molecule is Cc1csc(Nc2cccc(NS(=O)(=O)c3ccc(F)cc3)c2)n1. The number of halogens is 1. The summed E-state index contributed by atoms with van der Waals surface area (Å²) < 4.78 is 40.1. The molecule has 2 N–H and O–H groups in total. The second kappa shape index (κ2) is 6.58. The minimum Gasteiger partial charge on any atom is -0.331 e. The predicted molar refractivity (Wildman–Crippen MR) is 93.8 cm³/mol. The molecular weight excluding hydrogens is 349 g/mol. The second-order valence-corrected chi connectivity index (χ2v) is 7.60. The second-order valence-electron chi connectivity index (χ2n) is 5.06. The Morgan fingerprint density at radius 2 is 1.79 bits per heavy atom. The number of benzene rings is 2. The highest BCUT2D eigenvalue weighted by Gasteiger charge is 2.14. The van der Waals surface area contributed by atoms with Crippen molar-refractivity contribution in [2.75, 3.05) is 10.0 Å². The molecule has 0 saturated heterocycles. The van der Waals surface area contributed by atoms with Crippen LogP contribution >= 0.6 is 11.3 Å². The number of hydrogen-bond donors (Lipinski definition) is 2. The molecule has 124 valence electrons. The first-order chi connectivity index (χ1) is 11.4. The third-order valence-electron chi connectivity index (χ3n) is 3.11. The van der Waals surface area contributed by atoms with Crippen molar-refractivity contribution >= 4 is 37.9 Å². The molecule has 0 saturated carbocycles. The summed E-state index contributed by atoms with van der Waals surface area (Å²) in [4.78, 5) is 4.30. The lowest BCUT2D eigenvalue weighted by Crippen LogP contribution is -2.13. The Bertz CT molecular complexity index is 953. The third-order valence-corrected chi connectivity index (χ3v) is 5.38. The molecule has 2 aromatic carbocycles. The van der Waals surface area contributed by atoms with Crippen LogP contribution in [0.25, 0.3) is 0 Å². The molecular formula is C16H14FN3O2S2. The van der Waals surface area contributed by atoms with Crippen molar-refractivity contribution in [2.45, 2.75) is 11.8 Å². The summed E-state index contributed by atoms with van der Waals surface area (Å²) >= 11 is 1.47. The zero-order valence-corrected chi connectivity index (χ0v) is 14.3.